The molecule has 1 aromatic rings. The molecule has 13 heavy (non-hydrogen) atoms. The van der Waals surface area contributed by atoms with E-state index < -0.39 is 0 Å². The second-order valence-corrected chi connectivity index (χ2v) is 4.90. The summed E-state index contributed by atoms with van der Waals surface area (Å²) in [4.78, 5) is 4.02. The Morgan fingerprint density at radius 1 is 1.46 bits per heavy atom. The molecule has 1 aromatic heterocycles. The second kappa shape index (κ2) is 4.11. The highest BCUT2D eigenvalue weighted by molar-refractivity contribution is 8.00. The van der Waals surface area contributed by atoms with Gasteiger partial charge in [0.15, 0.2) is 0 Å². The van der Waals surface area contributed by atoms with Gasteiger partial charge in [-0.3, -0.25) is 4.98 Å². The Bertz CT molecular complexity index is 263. The quantitative estimate of drug-likeness (QED) is 0.742. The van der Waals surface area contributed by atoms with Crippen LogP contribution in [0.15, 0.2) is 24.5 Å². The molecule has 1 fully saturated rings. The number of hydrogen-bond acceptors (Lipinski definition) is 3. The Balaban J connectivity index is 2.08. The molecule has 1 N–H and O–H groups in total. The topological polar surface area (TPSA) is 24.9 Å². The predicted octanol–water partition coefficient (Wildman–Crippen LogP) is 2.20. The monoisotopic (exact) mass is 194 g/mol. The van der Waals surface area contributed by atoms with Crippen LogP contribution in [0.25, 0.3) is 0 Å². The summed E-state index contributed by atoms with van der Waals surface area (Å²) in [5.41, 5.74) is 1.34. The largest absolute Gasteiger partial charge is 0.302 e. The molecule has 2 nitrogen and oxygen atoms in total. The molecule has 2 atom stereocenters. The molecule has 0 radical (unpaired) electrons. The standard InChI is InChI=1S/C10H14N2S/c1-8-2-7-12-10(13-8)9-3-5-11-6-4-9/h3-6,8,10,12H,2,7H2,1H3. The average Bonchev–Trinajstić information content (AvgIpc) is 2.19. The summed E-state index contributed by atoms with van der Waals surface area (Å²) in [7, 11) is 0. The maximum absolute atomic E-state index is 4.02. The molecule has 0 bridgehead atoms. The van der Waals surface area contributed by atoms with Crippen LogP contribution in [0.4, 0.5) is 0 Å². The Morgan fingerprint density at radius 3 is 2.92 bits per heavy atom. The molecule has 70 valence electrons. The van der Waals surface area contributed by atoms with Crippen molar-refractivity contribution < 1.29 is 0 Å². The van der Waals surface area contributed by atoms with E-state index in [1.54, 1.807) is 0 Å². The first-order chi connectivity index (χ1) is 6.36. The Kier molecular flexibility index (Phi) is 2.86. The highest BCUT2D eigenvalue weighted by Gasteiger charge is 2.19. The van der Waals surface area contributed by atoms with Gasteiger partial charge in [0.2, 0.25) is 0 Å². The molecular weight excluding hydrogens is 180 g/mol. The van der Waals surface area contributed by atoms with E-state index in [0.29, 0.717) is 5.37 Å². The van der Waals surface area contributed by atoms with Crippen molar-refractivity contribution in [3.63, 3.8) is 0 Å². The normalized spacial score (nSPS) is 28.7. The highest BCUT2D eigenvalue weighted by atomic mass is 32.2. The third kappa shape index (κ3) is 2.23. The molecule has 2 heterocycles. The molecule has 3 heteroatoms. The summed E-state index contributed by atoms with van der Waals surface area (Å²) in [6.45, 7) is 3.42. The van der Waals surface area contributed by atoms with Crippen LogP contribution in [-0.2, 0) is 0 Å². The summed E-state index contributed by atoms with van der Waals surface area (Å²) in [5.74, 6) is 0. The van der Waals surface area contributed by atoms with Gasteiger partial charge in [-0.1, -0.05) is 6.92 Å². The predicted molar refractivity (Wildman–Crippen MR) is 56.7 cm³/mol. The fourth-order valence-corrected chi connectivity index (χ4v) is 2.75. The number of aromatic nitrogens is 1. The van der Waals surface area contributed by atoms with Gasteiger partial charge in [-0.15, -0.1) is 11.8 Å². The number of nitrogens with zero attached hydrogens (tertiary/aromatic N) is 1. The van der Waals surface area contributed by atoms with Gasteiger partial charge in [0.25, 0.3) is 0 Å². The van der Waals surface area contributed by atoms with E-state index in [4.69, 9.17) is 0 Å². The van der Waals surface area contributed by atoms with E-state index in [9.17, 15) is 0 Å². The lowest BCUT2D eigenvalue weighted by molar-refractivity contribution is 0.605. The third-order valence-electron chi connectivity index (χ3n) is 2.26. The van der Waals surface area contributed by atoms with Crippen LogP contribution in [0.5, 0.6) is 0 Å². The molecule has 0 spiro atoms. The van der Waals surface area contributed by atoms with E-state index in [0.717, 1.165) is 11.8 Å². The number of hydrogen-bond donors (Lipinski definition) is 1. The summed E-state index contributed by atoms with van der Waals surface area (Å²) in [6, 6.07) is 4.17. The zero-order valence-corrected chi connectivity index (χ0v) is 8.55. The molecule has 1 saturated heterocycles. The van der Waals surface area contributed by atoms with E-state index in [2.05, 4.69) is 29.4 Å². The van der Waals surface area contributed by atoms with Gasteiger partial charge in [-0.2, -0.15) is 0 Å². The van der Waals surface area contributed by atoms with E-state index in [1.165, 1.54) is 12.0 Å². The average molecular weight is 194 g/mol. The lowest BCUT2D eigenvalue weighted by atomic mass is 10.2. The molecule has 0 amide bonds. The Morgan fingerprint density at radius 2 is 2.23 bits per heavy atom. The maximum Gasteiger partial charge on any atom is 0.0793 e. The Labute approximate surface area is 83.1 Å². The van der Waals surface area contributed by atoms with Gasteiger partial charge in [0.05, 0.1) is 5.37 Å². The number of rotatable bonds is 1. The summed E-state index contributed by atoms with van der Waals surface area (Å²) in [5, 5.41) is 4.73. The van der Waals surface area contributed by atoms with Crippen LogP contribution in [0.1, 0.15) is 24.3 Å². The molecule has 1 aliphatic rings. The minimum atomic E-state index is 0.465. The zero-order chi connectivity index (χ0) is 9.10. The van der Waals surface area contributed by atoms with Crippen LogP contribution in [-0.4, -0.2) is 16.8 Å². The van der Waals surface area contributed by atoms with Crippen LogP contribution in [0.2, 0.25) is 0 Å². The van der Waals surface area contributed by atoms with Crippen LogP contribution in [0, 0.1) is 0 Å². The van der Waals surface area contributed by atoms with Crippen LogP contribution in [0.3, 0.4) is 0 Å². The van der Waals surface area contributed by atoms with E-state index >= 15 is 0 Å². The SMILES string of the molecule is CC1CCNC(c2ccncc2)S1. The van der Waals surface area contributed by atoms with E-state index in [1.807, 2.05) is 24.2 Å². The number of nitrogens with one attached hydrogen (secondary N) is 1. The number of pyridine rings is 1. The fourth-order valence-electron chi connectivity index (χ4n) is 1.50. The van der Waals surface area contributed by atoms with Crippen LogP contribution >= 0.6 is 11.8 Å². The summed E-state index contributed by atoms with van der Waals surface area (Å²) < 4.78 is 0. The minimum absolute atomic E-state index is 0.465. The van der Waals surface area contributed by atoms with Crippen molar-refractivity contribution >= 4 is 11.8 Å². The van der Waals surface area contributed by atoms with Crippen LogP contribution < -0.4 is 5.32 Å². The van der Waals surface area contributed by atoms with Gasteiger partial charge >= 0.3 is 0 Å². The number of thioether (sulfide) groups is 1. The van der Waals surface area contributed by atoms with Gasteiger partial charge < -0.3 is 5.32 Å². The van der Waals surface area contributed by atoms with Gasteiger partial charge in [0, 0.05) is 17.6 Å². The van der Waals surface area contributed by atoms with Crippen molar-refractivity contribution in [3.05, 3.63) is 30.1 Å². The lowest BCUT2D eigenvalue weighted by Gasteiger charge is -2.27. The van der Waals surface area contributed by atoms with Crippen molar-refractivity contribution in [2.75, 3.05) is 6.54 Å². The molecule has 2 unspecified atom stereocenters. The van der Waals surface area contributed by atoms with Crippen molar-refractivity contribution in [2.24, 2.45) is 0 Å². The maximum atomic E-state index is 4.02. The molecule has 1 aliphatic heterocycles. The van der Waals surface area contributed by atoms with Crippen molar-refractivity contribution in [1.29, 1.82) is 0 Å². The minimum Gasteiger partial charge on any atom is -0.302 e. The summed E-state index contributed by atoms with van der Waals surface area (Å²) in [6.07, 6.45) is 4.99. The van der Waals surface area contributed by atoms with Gasteiger partial charge in [0.1, 0.15) is 0 Å². The molecule has 0 aliphatic carbocycles. The smallest absolute Gasteiger partial charge is 0.0793 e. The first-order valence-corrected chi connectivity index (χ1v) is 5.59. The molecule has 0 saturated carbocycles. The first kappa shape index (κ1) is 9.03. The fraction of sp³-hybridized carbons (Fsp3) is 0.500. The van der Waals surface area contributed by atoms with Crippen molar-refractivity contribution in [2.45, 2.75) is 24.0 Å². The van der Waals surface area contributed by atoms with Crippen molar-refractivity contribution in [3.8, 4) is 0 Å². The van der Waals surface area contributed by atoms with E-state index in [-0.39, 0.29) is 0 Å². The molecular formula is C10H14N2S. The second-order valence-electron chi connectivity index (χ2n) is 3.35. The molecule has 2 rings (SSSR count). The Hall–Kier alpha value is -0.540. The first-order valence-electron chi connectivity index (χ1n) is 4.65. The zero-order valence-electron chi connectivity index (χ0n) is 7.73. The molecule has 0 aromatic carbocycles. The van der Waals surface area contributed by atoms with Crippen molar-refractivity contribution in [1.82, 2.24) is 10.3 Å². The van der Waals surface area contributed by atoms with Gasteiger partial charge in [-0.05, 0) is 30.7 Å². The van der Waals surface area contributed by atoms with Gasteiger partial charge in [-0.25, -0.2) is 0 Å². The summed E-state index contributed by atoms with van der Waals surface area (Å²) >= 11 is 2.00. The third-order valence-corrected chi connectivity index (χ3v) is 3.67. The lowest BCUT2D eigenvalue weighted by Crippen LogP contribution is -2.28. The highest BCUT2D eigenvalue weighted by Crippen LogP contribution is 2.33.